The molecule has 0 bridgehead atoms. The van der Waals surface area contributed by atoms with E-state index < -0.39 is 0 Å². The minimum absolute atomic E-state index is 0.584. The van der Waals surface area contributed by atoms with Crippen LogP contribution >= 0.6 is 23.4 Å². The average Bonchev–Trinajstić information content (AvgIpc) is 2.87. The monoisotopic (exact) mass is 401 g/mol. The Hall–Kier alpha value is -2.18. The Balaban J connectivity index is 1.57. The van der Waals surface area contributed by atoms with Crippen LogP contribution in [0.1, 0.15) is 23.4 Å². The molecule has 1 aliphatic heterocycles. The molecular formula is C20H20ClN3O2S. The van der Waals surface area contributed by atoms with Gasteiger partial charge in [-0.05, 0) is 43.7 Å². The quantitative estimate of drug-likeness (QED) is 0.576. The van der Waals surface area contributed by atoms with E-state index in [4.69, 9.17) is 21.1 Å². The number of hydrogen-bond acceptors (Lipinski definition) is 5. The summed E-state index contributed by atoms with van der Waals surface area (Å²) in [6.07, 6.45) is 0.855. The number of nitrogens with zero attached hydrogens (tertiary/aromatic N) is 3. The molecule has 5 nitrogen and oxygen atoms in total. The summed E-state index contributed by atoms with van der Waals surface area (Å²) in [4.78, 5) is 0. The van der Waals surface area contributed by atoms with E-state index in [1.54, 1.807) is 11.8 Å². The lowest BCUT2D eigenvalue weighted by Crippen LogP contribution is -1.99. The maximum atomic E-state index is 6.40. The molecule has 0 radical (unpaired) electrons. The van der Waals surface area contributed by atoms with Gasteiger partial charge in [0.15, 0.2) is 16.7 Å². The van der Waals surface area contributed by atoms with E-state index in [9.17, 15) is 0 Å². The van der Waals surface area contributed by atoms with Crippen molar-refractivity contribution in [2.24, 2.45) is 0 Å². The highest BCUT2D eigenvalue weighted by atomic mass is 35.5. The first-order valence-electron chi connectivity index (χ1n) is 8.82. The predicted molar refractivity (Wildman–Crippen MR) is 107 cm³/mol. The van der Waals surface area contributed by atoms with Crippen LogP contribution in [0.4, 0.5) is 0 Å². The number of aromatic nitrogens is 3. The van der Waals surface area contributed by atoms with Gasteiger partial charge in [0, 0.05) is 17.9 Å². The Morgan fingerprint density at radius 2 is 1.85 bits per heavy atom. The van der Waals surface area contributed by atoms with Crippen molar-refractivity contribution in [1.29, 1.82) is 0 Å². The fourth-order valence-electron chi connectivity index (χ4n) is 2.94. The van der Waals surface area contributed by atoms with Crippen molar-refractivity contribution in [2.75, 3.05) is 13.2 Å². The lowest BCUT2D eigenvalue weighted by molar-refractivity contribution is 0.297. The molecular weight excluding hydrogens is 382 g/mol. The maximum Gasteiger partial charge on any atom is 0.196 e. The summed E-state index contributed by atoms with van der Waals surface area (Å²) in [6, 6.07) is 12.3. The van der Waals surface area contributed by atoms with Crippen molar-refractivity contribution in [3.05, 3.63) is 58.4 Å². The molecule has 2 aromatic carbocycles. The second kappa shape index (κ2) is 7.82. The first-order chi connectivity index (χ1) is 13.1. The highest BCUT2D eigenvalue weighted by molar-refractivity contribution is 7.98. The Kier molecular flexibility index (Phi) is 5.27. The summed E-state index contributed by atoms with van der Waals surface area (Å²) < 4.78 is 13.5. The van der Waals surface area contributed by atoms with Crippen LogP contribution in [-0.2, 0) is 5.75 Å². The molecule has 7 heteroatoms. The maximum absolute atomic E-state index is 6.40. The number of fused-ring (bicyclic) bond motifs is 1. The minimum atomic E-state index is 0.584. The van der Waals surface area contributed by atoms with E-state index in [1.807, 2.05) is 19.1 Å². The van der Waals surface area contributed by atoms with Gasteiger partial charge in [-0.3, -0.25) is 4.57 Å². The molecule has 2 heterocycles. The third-order valence-corrected chi connectivity index (χ3v) is 5.60. The van der Waals surface area contributed by atoms with Crippen LogP contribution in [0, 0.1) is 13.8 Å². The molecule has 0 unspecified atom stereocenters. The van der Waals surface area contributed by atoms with Gasteiger partial charge in [-0.2, -0.15) is 0 Å². The number of benzene rings is 2. The number of ether oxygens (including phenoxy) is 2. The lowest BCUT2D eigenvalue weighted by atomic mass is 10.2. The van der Waals surface area contributed by atoms with Crippen LogP contribution in [0.2, 0.25) is 5.02 Å². The van der Waals surface area contributed by atoms with Crippen molar-refractivity contribution in [3.63, 3.8) is 0 Å². The SMILES string of the molecule is Cc1ccc(-n2c(C)nnc2SCc2cc(Cl)c3c(c2)OCCCO3)cc1. The molecule has 0 fully saturated rings. The molecule has 4 rings (SSSR count). The van der Waals surface area contributed by atoms with E-state index in [1.165, 1.54) is 5.56 Å². The lowest BCUT2D eigenvalue weighted by Gasteiger charge is -2.12. The fraction of sp³-hybridized carbons (Fsp3) is 0.300. The largest absolute Gasteiger partial charge is 0.489 e. The molecule has 0 spiro atoms. The zero-order chi connectivity index (χ0) is 18.8. The summed E-state index contributed by atoms with van der Waals surface area (Å²) in [5, 5.41) is 10.0. The van der Waals surface area contributed by atoms with Gasteiger partial charge >= 0.3 is 0 Å². The van der Waals surface area contributed by atoms with E-state index in [2.05, 4.69) is 46.0 Å². The molecule has 0 amide bonds. The second-order valence-electron chi connectivity index (χ2n) is 6.44. The van der Waals surface area contributed by atoms with Gasteiger partial charge in [0.05, 0.1) is 18.2 Å². The molecule has 27 heavy (non-hydrogen) atoms. The van der Waals surface area contributed by atoms with Crippen LogP contribution in [-0.4, -0.2) is 28.0 Å². The molecule has 1 aromatic heterocycles. The first-order valence-corrected chi connectivity index (χ1v) is 10.2. The molecule has 0 saturated heterocycles. The van der Waals surface area contributed by atoms with Gasteiger partial charge in [-0.25, -0.2) is 0 Å². The number of aryl methyl sites for hydroxylation is 2. The van der Waals surface area contributed by atoms with E-state index in [0.29, 0.717) is 35.5 Å². The summed E-state index contributed by atoms with van der Waals surface area (Å²) in [7, 11) is 0. The summed E-state index contributed by atoms with van der Waals surface area (Å²) in [5.74, 6) is 2.92. The summed E-state index contributed by atoms with van der Waals surface area (Å²) in [5.41, 5.74) is 3.34. The van der Waals surface area contributed by atoms with Crippen LogP contribution < -0.4 is 9.47 Å². The molecule has 0 atom stereocenters. The highest BCUT2D eigenvalue weighted by Gasteiger charge is 2.17. The Morgan fingerprint density at radius 1 is 1.07 bits per heavy atom. The zero-order valence-corrected chi connectivity index (χ0v) is 16.8. The first kappa shape index (κ1) is 18.2. The van der Waals surface area contributed by atoms with Crippen LogP contribution in [0.5, 0.6) is 11.5 Å². The number of halogens is 1. The third-order valence-electron chi connectivity index (χ3n) is 4.32. The van der Waals surface area contributed by atoms with Crippen molar-refractivity contribution in [2.45, 2.75) is 31.2 Å². The van der Waals surface area contributed by atoms with Crippen molar-refractivity contribution < 1.29 is 9.47 Å². The standard InChI is InChI=1S/C20H20ClN3O2S/c1-13-4-6-16(7-5-13)24-14(2)22-23-20(24)27-12-15-10-17(21)19-18(11-15)25-8-3-9-26-19/h4-7,10-11H,3,8-9,12H2,1-2H3. The Morgan fingerprint density at radius 3 is 2.67 bits per heavy atom. The normalized spacial score (nSPS) is 13.4. The van der Waals surface area contributed by atoms with Crippen LogP contribution in [0.15, 0.2) is 41.6 Å². The molecule has 3 aromatic rings. The summed E-state index contributed by atoms with van der Waals surface area (Å²) >= 11 is 8.02. The summed E-state index contributed by atoms with van der Waals surface area (Å²) in [6.45, 7) is 5.30. The molecule has 0 N–H and O–H groups in total. The van der Waals surface area contributed by atoms with Crippen molar-refractivity contribution in [3.8, 4) is 17.2 Å². The number of hydrogen-bond donors (Lipinski definition) is 0. The van der Waals surface area contributed by atoms with Crippen LogP contribution in [0.3, 0.4) is 0 Å². The minimum Gasteiger partial charge on any atom is -0.489 e. The van der Waals surface area contributed by atoms with E-state index in [-0.39, 0.29) is 0 Å². The fourth-order valence-corrected chi connectivity index (χ4v) is 4.16. The van der Waals surface area contributed by atoms with Crippen molar-refractivity contribution >= 4 is 23.4 Å². The predicted octanol–water partition coefficient (Wildman–Crippen LogP) is 4.99. The topological polar surface area (TPSA) is 49.2 Å². The van der Waals surface area contributed by atoms with Gasteiger partial charge in [0.1, 0.15) is 5.82 Å². The van der Waals surface area contributed by atoms with Gasteiger partial charge in [0.2, 0.25) is 0 Å². The Labute approximate surface area is 167 Å². The van der Waals surface area contributed by atoms with Gasteiger partial charge in [-0.1, -0.05) is 41.1 Å². The number of thioether (sulfide) groups is 1. The molecule has 0 aliphatic carbocycles. The molecule has 0 saturated carbocycles. The van der Waals surface area contributed by atoms with E-state index in [0.717, 1.165) is 28.7 Å². The zero-order valence-electron chi connectivity index (χ0n) is 15.2. The molecule has 1 aliphatic rings. The van der Waals surface area contributed by atoms with Gasteiger partial charge in [-0.15, -0.1) is 10.2 Å². The highest BCUT2D eigenvalue weighted by Crippen LogP contribution is 2.39. The van der Waals surface area contributed by atoms with Crippen molar-refractivity contribution in [1.82, 2.24) is 14.8 Å². The smallest absolute Gasteiger partial charge is 0.196 e. The second-order valence-corrected chi connectivity index (χ2v) is 7.79. The van der Waals surface area contributed by atoms with Gasteiger partial charge < -0.3 is 9.47 Å². The van der Waals surface area contributed by atoms with E-state index >= 15 is 0 Å². The average molecular weight is 402 g/mol. The number of rotatable bonds is 4. The Bertz CT molecular complexity index is 957. The van der Waals surface area contributed by atoms with Gasteiger partial charge in [0.25, 0.3) is 0 Å². The molecule has 140 valence electrons. The third kappa shape index (κ3) is 3.92. The van der Waals surface area contributed by atoms with Crippen LogP contribution in [0.25, 0.3) is 5.69 Å².